The predicted molar refractivity (Wildman–Crippen MR) is 120 cm³/mol. The smallest absolute Gasteiger partial charge is 0.230 e. The van der Waals surface area contributed by atoms with Gasteiger partial charge in [0.05, 0.1) is 29.1 Å². The molecule has 0 radical (unpaired) electrons. The fourth-order valence-corrected chi connectivity index (χ4v) is 4.73. The third-order valence-corrected chi connectivity index (χ3v) is 6.41. The first-order chi connectivity index (χ1) is 15.1. The first-order valence-electron chi connectivity index (χ1n) is 10.2. The third-order valence-electron chi connectivity index (χ3n) is 5.38. The lowest BCUT2D eigenvalue weighted by molar-refractivity contribution is 0.0963. The second kappa shape index (κ2) is 8.03. The van der Waals surface area contributed by atoms with E-state index in [0.29, 0.717) is 30.5 Å². The summed E-state index contributed by atoms with van der Waals surface area (Å²) in [5.41, 5.74) is 3.02. The number of carbonyl (C=O) groups excluding carboxylic acids is 1. The van der Waals surface area contributed by atoms with Gasteiger partial charge in [-0.2, -0.15) is 0 Å². The topological polar surface area (TPSA) is 89.9 Å². The molecule has 0 saturated heterocycles. The van der Waals surface area contributed by atoms with Gasteiger partial charge in [0.1, 0.15) is 5.75 Å². The molecule has 0 fully saturated rings. The van der Waals surface area contributed by atoms with Crippen molar-refractivity contribution in [2.24, 2.45) is 0 Å². The minimum Gasteiger partial charge on any atom is -0.494 e. The number of ketones is 1. The lowest BCUT2D eigenvalue weighted by Crippen LogP contribution is -2.20. The number of hydrogen-bond acceptors (Lipinski definition) is 8. The zero-order valence-corrected chi connectivity index (χ0v) is 18.1. The number of aryl methyl sites for hydroxylation is 1. The van der Waals surface area contributed by atoms with E-state index < -0.39 is 0 Å². The zero-order valence-electron chi connectivity index (χ0n) is 17.3. The Kier molecular flexibility index (Phi) is 5.07. The molecule has 5 rings (SSSR count). The Morgan fingerprint density at radius 3 is 2.87 bits per heavy atom. The predicted octanol–water partition coefficient (Wildman–Crippen LogP) is 4.84. The molecule has 0 spiro atoms. The Labute approximate surface area is 183 Å². The van der Waals surface area contributed by atoms with Crippen molar-refractivity contribution < 1.29 is 9.53 Å². The van der Waals surface area contributed by atoms with Crippen LogP contribution in [0.1, 0.15) is 45.9 Å². The molecule has 1 atom stereocenters. The molecule has 1 N–H and O–H groups in total. The molecule has 0 bridgehead atoms. The second-order valence-corrected chi connectivity index (χ2v) is 8.45. The standard InChI is InChI=1S/C23H21N5O2S/c1-3-30-15-6-7-18-16(11-15)13(2)25-23(26-18)28-22-24-12-17-19(27-22)9-14(10-20(17)29)21-5-4-8-31-21/h4-8,11-12,14H,3,9-10H2,1-2H3,(H,24,25,26,27,28). The van der Waals surface area contributed by atoms with Crippen molar-refractivity contribution >= 4 is 39.9 Å². The van der Waals surface area contributed by atoms with E-state index in [1.54, 1.807) is 17.5 Å². The maximum absolute atomic E-state index is 12.6. The summed E-state index contributed by atoms with van der Waals surface area (Å²) in [5, 5.41) is 6.08. The number of aromatic nitrogens is 4. The van der Waals surface area contributed by atoms with Gasteiger partial charge in [-0.1, -0.05) is 6.07 Å². The van der Waals surface area contributed by atoms with Gasteiger partial charge in [-0.15, -0.1) is 11.3 Å². The van der Waals surface area contributed by atoms with Crippen molar-refractivity contribution in [3.8, 4) is 5.75 Å². The fourth-order valence-electron chi connectivity index (χ4n) is 3.90. The molecule has 1 aliphatic carbocycles. The molecule has 1 aliphatic rings. The van der Waals surface area contributed by atoms with Gasteiger partial charge < -0.3 is 4.74 Å². The monoisotopic (exact) mass is 431 g/mol. The van der Waals surface area contributed by atoms with E-state index >= 15 is 0 Å². The Morgan fingerprint density at radius 1 is 1.16 bits per heavy atom. The van der Waals surface area contributed by atoms with E-state index in [1.807, 2.05) is 43.5 Å². The van der Waals surface area contributed by atoms with Crippen LogP contribution in [0.4, 0.5) is 11.9 Å². The Bertz CT molecular complexity index is 1270. The number of Topliss-reactive ketones (excluding diaryl/α,β-unsaturated/α-hetero) is 1. The number of rotatable bonds is 5. The van der Waals surface area contributed by atoms with Crippen molar-refractivity contribution in [3.63, 3.8) is 0 Å². The minimum absolute atomic E-state index is 0.0918. The molecule has 31 heavy (non-hydrogen) atoms. The van der Waals surface area contributed by atoms with Gasteiger partial charge in [0.25, 0.3) is 0 Å². The van der Waals surface area contributed by atoms with Gasteiger partial charge in [-0.05, 0) is 49.9 Å². The summed E-state index contributed by atoms with van der Waals surface area (Å²) < 4.78 is 5.57. The average Bonchev–Trinajstić information content (AvgIpc) is 3.29. The number of hydrogen-bond donors (Lipinski definition) is 1. The molecule has 4 aromatic rings. The van der Waals surface area contributed by atoms with Gasteiger partial charge in [-0.25, -0.2) is 19.9 Å². The van der Waals surface area contributed by atoms with Crippen LogP contribution >= 0.6 is 11.3 Å². The van der Waals surface area contributed by atoms with Gasteiger partial charge in [0, 0.05) is 28.8 Å². The lowest BCUT2D eigenvalue weighted by Gasteiger charge is -2.22. The molecule has 0 saturated carbocycles. The molecule has 156 valence electrons. The maximum atomic E-state index is 12.6. The van der Waals surface area contributed by atoms with Crippen LogP contribution in [-0.2, 0) is 6.42 Å². The van der Waals surface area contributed by atoms with E-state index in [-0.39, 0.29) is 11.7 Å². The number of benzene rings is 1. The summed E-state index contributed by atoms with van der Waals surface area (Å²) in [6.07, 6.45) is 2.83. The zero-order chi connectivity index (χ0) is 21.4. The third kappa shape index (κ3) is 3.86. The van der Waals surface area contributed by atoms with E-state index in [4.69, 9.17) is 4.74 Å². The number of nitrogens with zero attached hydrogens (tertiary/aromatic N) is 4. The quantitative estimate of drug-likeness (QED) is 0.483. The number of fused-ring (bicyclic) bond motifs is 2. The summed E-state index contributed by atoms with van der Waals surface area (Å²) >= 11 is 1.68. The van der Waals surface area contributed by atoms with Crippen molar-refractivity contribution in [3.05, 3.63) is 63.7 Å². The number of thiophene rings is 1. The highest BCUT2D eigenvalue weighted by atomic mass is 32.1. The Balaban J connectivity index is 1.43. The van der Waals surface area contributed by atoms with Crippen LogP contribution in [0.15, 0.2) is 41.9 Å². The van der Waals surface area contributed by atoms with E-state index in [9.17, 15) is 4.79 Å². The lowest BCUT2D eigenvalue weighted by atomic mass is 9.86. The van der Waals surface area contributed by atoms with Crippen LogP contribution in [0.2, 0.25) is 0 Å². The van der Waals surface area contributed by atoms with Crippen molar-refractivity contribution in [1.82, 2.24) is 19.9 Å². The fraction of sp³-hybridized carbons (Fsp3) is 0.261. The van der Waals surface area contributed by atoms with Crippen LogP contribution in [0.25, 0.3) is 10.9 Å². The summed E-state index contributed by atoms with van der Waals surface area (Å²) in [7, 11) is 0. The van der Waals surface area contributed by atoms with Crippen LogP contribution in [0, 0.1) is 6.92 Å². The van der Waals surface area contributed by atoms with Gasteiger partial charge >= 0.3 is 0 Å². The first kappa shape index (κ1) is 19.6. The molecular weight excluding hydrogens is 410 g/mol. The van der Waals surface area contributed by atoms with E-state index in [1.165, 1.54) is 4.88 Å². The molecule has 8 heteroatoms. The van der Waals surface area contributed by atoms with Gasteiger partial charge in [0.15, 0.2) is 5.78 Å². The number of carbonyl (C=O) groups is 1. The second-order valence-electron chi connectivity index (χ2n) is 7.47. The Hall–Kier alpha value is -3.39. The highest BCUT2D eigenvalue weighted by Gasteiger charge is 2.28. The normalized spacial score (nSPS) is 15.7. The summed E-state index contributed by atoms with van der Waals surface area (Å²) in [6.45, 7) is 4.49. The number of anilines is 2. The summed E-state index contributed by atoms with van der Waals surface area (Å²) in [4.78, 5) is 31.9. The van der Waals surface area contributed by atoms with Gasteiger partial charge in [0.2, 0.25) is 11.9 Å². The first-order valence-corrected chi connectivity index (χ1v) is 11.1. The molecule has 3 aromatic heterocycles. The minimum atomic E-state index is 0.0918. The van der Waals surface area contributed by atoms with Crippen LogP contribution in [-0.4, -0.2) is 32.3 Å². The molecule has 7 nitrogen and oxygen atoms in total. The van der Waals surface area contributed by atoms with Crippen molar-refractivity contribution in [2.75, 3.05) is 11.9 Å². The highest BCUT2D eigenvalue weighted by Crippen LogP contribution is 2.34. The molecule has 3 heterocycles. The molecule has 0 amide bonds. The largest absolute Gasteiger partial charge is 0.494 e. The van der Waals surface area contributed by atoms with Crippen LogP contribution in [0.3, 0.4) is 0 Å². The van der Waals surface area contributed by atoms with E-state index in [2.05, 4.69) is 31.3 Å². The molecule has 1 unspecified atom stereocenters. The SMILES string of the molecule is CCOc1ccc2nc(Nc3ncc4c(n3)CC(c3cccs3)CC4=O)nc(C)c2c1. The average molecular weight is 432 g/mol. The molecule has 1 aromatic carbocycles. The van der Waals surface area contributed by atoms with Crippen LogP contribution in [0.5, 0.6) is 5.75 Å². The number of nitrogens with one attached hydrogen (secondary N) is 1. The van der Waals surface area contributed by atoms with E-state index in [0.717, 1.165) is 34.5 Å². The molecule has 0 aliphatic heterocycles. The highest BCUT2D eigenvalue weighted by molar-refractivity contribution is 7.10. The number of ether oxygens (including phenoxy) is 1. The van der Waals surface area contributed by atoms with Crippen molar-refractivity contribution in [2.45, 2.75) is 32.6 Å². The van der Waals surface area contributed by atoms with Gasteiger partial charge in [-0.3, -0.25) is 10.1 Å². The maximum Gasteiger partial charge on any atom is 0.230 e. The van der Waals surface area contributed by atoms with Crippen molar-refractivity contribution in [1.29, 1.82) is 0 Å². The Morgan fingerprint density at radius 2 is 2.06 bits per heavy atom. The molecular formula is C23H21N5O2S. The summed E-state index contributed by atoms with van der Waals surface area (Å²) in [5.74, 6) is 1.87. The summed E-state index contributed by atoms with van der Waals surface area (Å²) in [6, 6.07) is 9.86. The van der Waals surface area contributed by atoms with Crippen LogP contribution < -0.4 is 10.1 Å².